The molecule has 0 radical (unpaired) electrons. The van der Waals surface area contributed by atoms with Gasteiger partial charge in [0.25, 0.3) is 0 Å². The van der Waals surface area contributed by atoms with E-state index in [-0.39, 0.29) is 0 Å². The van der Waals surface area contributed by atoms with Crippen LogP contribution in [0.4, 0.5) is 0 Å². The predicted molar refractivity (Wildman–Crippen MR) is 87.9 cm³/mol. The van der Waals surface area contributed by atoms with Crippen LogP contribution in [-0.4, -0.2) is 36.1 Å². The van der Waals surface area contributed by atoms with E-state index in [9.17, 15) is 0 Å². The molecule has 1 aliphatic carbocycles. The molecule has 0 aromatic heterocycles. The summed E-state index contributed by atoms with van der Waals surface area (Å²) in [5, 5.41) is 3.83. The Kier molecular flexibility index (Phi) is 4.30. The highest BCUT2D eigenvalue weighted by Crippen LogP contribution is 2.65. The molecule has 0 bridgehead atoms. The van der Waals surface area contributed by atoms with Crippen LogP contribution in [0.5, 0.6) is 0 Å². The highest BCUT2D eigenvalue weighted by molar-refractivity contribution is 5.20. The fourth-order valence-electron chi connectivity index (χ4n) is 4.39. The van der Waals surface area contributed by atoms with Crippen molar-refractivity contribution < 1.29 is 0 Å². The molecule has 1 N–H and O–H groups in total. The lowest BCUT2D eigenvalue weighted by atomic mass is 9.91. The molecule has 118 valence electrons. The Bertz CT molecular complexity index is 331. The molecule has 3 unspecified atom stereocenters. The summed E-state index contributed by atoms with van der Waals surface area (Å²) in [5.74, 6) is 1.50. The van der Waals surface area contributed by atoms with Crippen LogP contribution in [0.25, 0.3) is 0 Å². The van der Waals surface area contributed by atoms with Crippen molar-refractivity contribution in [3.63, 3.8) is 0 Å². The molecule has 1 heterocycles. The Hall–Kier alpha value is -0.0800. The molecular formula is C18H36N2. The third-order valence-corrected chi connectivity index (χ3v) is 6.80. The molecule has 1 aliphatic heterocycles. The number of nitrogens with zero attached hydrogens (tertiary/aromatic N) is 1. The summed E-state index contributed by atoms with van der Waals surface area (Å²) in [4.78, 5) is 2.86. The van der Waals surface area contributed by atoms with Gasteiger partial charge in [-0.1, -0.05) is 61.8 Å². The van der Waals surface area contributed by atoms with Gasteiger partial charge in [-0.3, -0.25) is 4.90 Å². The van der Waals surface area contributed by atoms with Gasteiger partial charge in [0.1, 0.15) is 0 Å². The molecule has 2 nitrogen and oxygen atoms in total. The van der Waals surface area contributed by atoms with Crippen molar-refractivity contribution in [2.24, 2.45) is 22.7 Å². The SMILES string of the molecule is CCC(C)C1CN(C2C(C)(C)C2(C)C)C(C(C)C)CN1. The Morgan fingerprint density at radius 1 is 1.10 bits per heavy atom. The van der Waals surface area contributed by atoms with Crippen molar-refractivity contribution in [3.05, 3.63) is 0 Å². The van der Waals surface area contributed by atoms with Gasteiger partial charge in [-0.15, -0.1) is 0 Å². The highest BCUT2D eigenvalue weighted by atomic mass is 15.3. The molecule has 0 spiro atoms. The van der Waals surface area contributed by atoms with Crippen LogP contribution in [0.15, 0.2) is 0 Å². The minimum Gasteiger partial charge on any atom is -0.311 e. The normalized spacial score (nSPS) is 35.2. The van der Waals surface area contributed by atoms with Gasteiger partial charge in [0.15, 0.2) is 0 Å². The summed E-state index contributed by atoms with van der Waals surface area (Å²) >= 11 is 0. The zero-order valence-corrected chi connectivity index (χ0v) is 15.0. The fraction of sp³-hybridized carbons (Fsp3) is 1.00. The average molecular weight is 280 g/mol. The monoisotopic (exact) mass is 280 g/mol. The van der Waals surface area contributed by atoms with Crippen molar-refractivity contribution >= 4 is 0 Å². The third-order valence-electron chi connectivity index (χ3n) is 6.80. The lowest BCUT2D eigenvalue weighted by molar-refractivity contribution is 0.0588. The molecular weight excluding hydrogens is 244 g/mol. The van der Waals surface area contributed by atoms with Gasteiger partial charge < -0.3 is 5.32 Å². The van der Waals surface area contributed by atoms with Crippen LogP contribution in [0.2, 0.25) is 0 Å². The minimum absolute atomic E-state index is 0.456. The van der Waals surface area contributed by atoms with E-state index in [2.05, 4.69) is 65.6 Å². The summed E-state index contributed by atoms with van der Waals surface area (Å²) in [6, 6.07) is 2.11. The maximum atomic E-state index is 3.83. The molecule has 20 heavy (non-hydrogen) atoms. The van der Waals surface area contributed by atoms with E-state index < -0.39 is 0 Å². The van der Waals surface area contributed by atoms with Crippen molar-refractivity contribution in [1.29, 1.82) is 0 Å². The maximum absolute atomic E-state index is 3.83. The van der Waals surface area contributed by atoms with E-state index in [0.717, 1.165) is 24.4 Å². The van der Waals surface area contributed by atoms with Gasteiger partial charge >= 0.3 is 0 Å². The second kappa shape index (κ2) is 5.28. The molecule has 2 heteroatoms. The van der Waals surface area contributed by atoms with Gasteiger partial charge in [-0.05, 0) is 22.7 Å². The van der Waals surface area contributed by atoms with Crippen LogP contribution in [0, 0.1) is 22.7 Å². The van der Waals surface area contributed by atoms with Crippen LogP contribution < -0.4 is 5.32 Å². The molecule has 0 aromatic rings. The van der Waals surface area contributed by atoms with E-state index >= 15 is 0 Å². The summed E-state index contributed by atoms with van der Waals surface area (Å²) in [5.41, 5.74) is 0.912. The zero-order chi connectivity index (χ0) is 15.3. The van der Waals surface area contributed by atoms with E-state index in [1.807, 2.05) is 0 Å². The van der Waals surface area contributed by atoms with Gasteiger partial charge in [-0.25, -0.2) is 0 Å². The zero-order valence-electron chi connectivity index (χ0n) is 15.0. The first-order valence-corrected chi connectivity index (χ1v) is 8.63. The van der Waals surface area contributed by atoms with Crippen LogP contribution >= 0.6 is 0 Å². The Labute approximate surface area is 126 Å². The molecule has 1 saturated carbocycles. The van der Waals surface area contributed by atoms with Crippen LogP contribution in [0.3, 0.4) is 0 Å². The molecule has 0 amide bonds. The lowest BCUT2D eigenvalue weighted by Crippen LogP contribution is -2.61. The van der Waals surface area contributed by atoms with Crippen molar-refractivity contribution in [2.45, 2.75) is 79.9 Å². The largest absolute Gasteiger partial charge is 0.311 e. The Balaban J connectivity index is 2.17. The number of rotatable bonds is 4. The van der Waals surface area contributed by atoms with Crippen molar-refractivity contribution in [3.8, 4) is 0 Å². The molecule has 0 aromatic carbocycles. The molecule has 3 atom stereocenters. The molecule has 2 fully saturated rings. The first-order chi connectivity index (χ1) is 9.14. The van der Waals surface area contributed by atoms with Gasteiger partial charge in [0.05, 0.1) is 0 Å². The minimum atomic E-state index is 0.456. The second-order valence-corrected chi connectivity index (χ2v) is 8.75. The smallest absolute Gasteiger partial charge is 0.0247 e. The summed E-state index contributed by atoms with van der Waals surface area (Å²) < 4.78 is 0. The van der Waals surface area contributed by atoms with Crippen molar-refractivity contribution in [1.82, 2.24) is 10.2 Å². The Morgan fingerprint density at radius 2 is 1.65 bits per heavy atom. The van der Waals surface area contributed by atoms with Gasteiger partial charge in [-0.2, -0.15) is 0 Å². The predicted octanol–water partition coefficient (Wildman–Crippen LogP) is 3.77. The maximum Gasteiger partial charge on any atom is 0.0247 e. The first-order valence-electron chi connectivity index (χ1n) is 8.63. The standard InChI is InChI=1S/C18H36N2/c1-9-13(4)14-11-20(15(10-19-14)12(2)3)16-17(5,6)18(16,7)8/h12-16,19H,9-11H2,1-8H3. The quantitative estimate of drug-likeness (QED) is 0.843. The van der Waals surface area contributed by atoms with E-state index in [1.165, 1.54) is 13.0 Å². The van der Waals surface area contributed by atoms with Crippen LogP contribution in [-0.2, 0) is 0 Å². The van der Waals surface area contributed by atoms with E-state index in [4.69, 9.17) is 0 Å². The number of hydrogen-bond acceptors (Lipinski definition) is 2. The molecule has 2 rings (SSSR count). The fourth-order valence-corrected chi connectivity index (χ4v) is 4.39. The van der Waals surface area contributed by atoms with Gasteiger partial charge in [0, 0.05) is 31.2 Å². The van der Waals surface area contributed by atoms with Crippen molar-refractivity contribution in [2.75, 3.05) is 13.1 Å². The van der Waals surface area contributed by atoms with E-state index in [0.29, 0.717) is 22.9 Å². The number of hydrogen-bond donors (Lipinski definition) is 1. The Morgan fingerprint density at radius 3 is 2.05 bits per heavy atom. The lowest BCUT2D eigenvalue weighted by Gasteiger charge is -2.45. The number of nitrogens with one attached hydrogen (secondary N) is 1. The molecule has 1 saturated heterocycles. The molecule has 2 aliphatic rings. The van der Waals surface area contributed by atoms with Gasteiger partial charge in [0.2, 0.25) is 0 Å². The number of piperazine rings is 1. The highest BCUT2D eigenvalue weighted by Gasteiger charge is 2.68. The summed E-state index contributed by atoms with van der Waals surface area (Å²) in [7, 11) is 0. The average Bonchev–Trinajstić information content (AvgIpc) is 2.77. The third kappa shape index (κ3) is 2.43. The summed E-state index contributed by atoms with van der Waals surface area (Å²) in [6.07, 6.45) is 1.27. The van der Waals surface area contributed by atoms with E-state index in [1.54, 1.807) is 0 Å². The topological polar surface area (TPSA) is 15.3 Å². The van der Waals surface area contributed by atoms with Crippen LogP contribution in [0.1, 0.15) is 61.8 Å². The second-order valence-electron chi connectivity index (χ2n) is 8.75. The first kappa shape index (κ1) is 16.3. The summed E-state index contributed by atoms with van der Waals surface area (Å²) in [6.45, 7) is 21.7.